The van der Waals surface area contributed by atoms with Crippen LogP contribution in [0.4, 0.5) is 0 Å². The number of hydrogen-bond acceptors (Lipinski definition) is 4. The molecule has 2 rings (SSSR count). The van der Waals surface area contributed by atoms with Crippen molar-refractivity contribution in [3.05, 3.63) is 71.8 Å². The summed E-state index contributed by atoms with van der Waals surface area (Å²) >= 11 is 0. The Labute approximate surface area is 169 Å². The van der Waals surface area contributed by atoms with E-state index in [9.17, 15) is 9.90 Å². The van der Waals surface area contributed by atoms with Crippen molar-refractivity contribution >= 4 is 5.97 Å². The Morgan fingerprint density at radius 2 is 1.36 bits per heavy atom. The van der Waals surface area contributed by atoms with E-state index in [2.05, 4.69) is 32.6 Å². The topological polar surface area (TPSA) is 49.8 Å². The predicted molar refractivity (Wildman–Crippen MR) is 113 cm³/mol. The maximum Gasteiger partial charge on any atom is 0.347 e. The quantitative estimate of drug-likeness (QED) is 0.489. The second-order valence-electron chi connectivity index (χ2n) is 7.71. The SMILES string of the molecule is CC(C)N(CCCCOC(=O)C(O)(c1ccccc1)c1ccccc1)C(C)C. The van der Waals surface area contributed by atoms with Gasteiger partial charge in [0.1, 0.15) is 0 Å². The van der Waals surface area contributed by atoms with Gasteiger partial charge in [0.25, 0.3) is 0 Å². The summed E-state index contributed by atoms with van der Waals surface area (Å²) in [5.74, 6) is -0.630. The standard InChI is InChI=1S/C24H33NO3/c1-19(2)25(20(3)4)17-11-12-18-28-23(26)24(27,21-13-7-5-8-14-21)22-15-9-6-10-16-22/h5-10,13-16,19-20,27H,11-12,17-18H2,1-4H3. The monoisotopic (exact) mass is 383 g/mol. The first-order valence-electron chi connectivity index (χ1n) is 10.1. The Bertz CT molecular complexity index is 666. The molecular formula is C24H33NO3. The molecule has 0 fully saturated rings. The van der Waals surface area contributed by atoms with E-state index in [1.807, 2.05) is 36.4 Å². The number of benzene rings is 2. The van der Waals surface area contributed by atoms with E-state index in [1.54, 1.807) is 24.3 Å². The fourth-order valence-electron chi connectivity index (χ4n) is 3.54. The lowest BCUT2D eigenvalue weighted by Crippen LogP contribution is -2.39. The first-order valence-corrected chi connectivity index (χ1v) is 10.1. The fraction of sp³-hybridized carbons (Fsp3) is 0.458. The highest BCUT2D eigenvalue weighted by Gasteiger charge is 2.41. The van der Waals surface area contributed by atoms with Crippen LogP contribution in [0.5, 0.6) is 0 Å². The average molecular weight is 384 g/mol. The molecule has 0 atom stereocenters. The zero-order chi connectivity index (χ0) is 20.6. The molecule has 4 heteroatoms. The van der Waals surface area contributed by atoms with Crippen molar-refractivity contribution < 1.29 is 14.6 Å². The van der Waals surface area contributed by atoms with Crippen molar-refractivity contribution in [1.29, 1.82) is 0 Å². The molecule has 0 aromatic heterocycles. The Hall–Kier alpha value is -2.17. The van der Waals surface area contributed by atoms with Crippen LogP contribution in [0.15, 0.2) is 60.7 Å². The molecule has 0 aliphatic rings. The summed E-state index contributed by atoms with van der Waals surface area (Å²) in [5.41, 5.74) is -0.779. The number of rotatable bonds is 10. The van der Waals surface area contributed by atoms with E-state index in [4.69, 9.17) is 4.74 Å². The average Bonchev–Trinajstić information content (AvgIpc) is 2.70. The van der Waals surface area contributed by atoms with Gasteiger partial charge in [0.05, 0.1) is 6.61 Å². The van der Waals surface area contributed by atoms with E-state index in [0.717, 1.165) is 19.4 Å². The van der Waals surface area contributed by atoms with Crippen molar-refractivity contribution in [2.75, 3.05) is 13.2 Å². The van der Waals surface area contributed by atoms with Gasteiger partial charge in [-0.15, -0.1) is 0 Å². The largest absolute Gasteiger partial charge is 0.463 e. The van der Waals surface area contributed by atoms with Crippen molar-refractivity contribution in [3.8, 4) is 0 Å². The van der Waals surface area contributed by atoms with Crippen LogP contribution in [0.2, 0.25) is 0 Å². The maximum absolute atomic E-state index is 12.9. The molecule has 152 valence electrons. The Morgan fingerprint density at radius 1 is 0.893 bits per heavy atom. The van der Waals surface area contributed by atoms with Gasteiger partial charge in [0, 0.05) is 12.1 Å². The van der Waals surface area contributed by atoms with Crippen molar-refractivity contribution in [2.45, 2.75) is 58.2 Å². The molecule has 0 heterocycles. The number of hydrogen-bond donors (Lipinski definition) is 1. The summed E-state index contributed by atoms with van der Waals surface area (Å²) in [6.07, 6.45) is 1.71. The molecule has 0 bridgehead atoms. The van der Waals surface area contributed by atoms with Crippen molar-refractivity contribution in [2.24, 2.45) is 0 Å². The minimum absolute atomic E-state index is 0.296. The molecule has 0 aliphatic carbocycles. The van der Waals surface area contributed by atoms with Gasteiger partial charge in [-0.2, -0.15) is 0 Å². The van der Waals surface area contributed by atoms with E-state index < -0.39 is 11.6 Å². The van der Waals surface area contributed by atoms with Gasteiger partial charge in [-0.05, 0) is 58.2 Å². The molecule has 2 aromatic rings. The minimum Gasteiger partial charge on any atom is -0.463 e. The molecule has 2 aromatic carbocycles. The predicted octanol–water partition coefficient (Wildman–Crippen LogP) is 4.36. The third-order valence-corrected chi connectivity index (χ3v) is 5.05. The first-order chi connectivity index (χ1) is 13.4. The van der Waals surface area contributed by atoms with Gasteiger partial charge in [-0.1, -0.05) is 60.7 Å². The summed E-state index contributed by atoms with van der Waals surface area (Å²) in [4.78, 5) is 15.3. The molecule has 0 spiro atoms. The van der Waals surface area contributed by atoms with E-state index in [1.165, 1.54) is 0 Å². The van der Waals surface area contributed by atoms with Gasteiger partial charge < -0.3 is 9.84 Å². The molecule has 0 saturated carbocycles. The molecule has 0 unspecified atom stereocenters. The second-order valence-corrected chi connectivity index (χ2v) is 7.71. The Morgan fingerprint density at radius 3 is 1.79 bits per heavy atom. The lowest BCUT2D eigenvalue weighted by Gasteiger charge is -2.30. The number of ether oxygens (including phenoxy) is 1. The smallest absolute Gasteiger partial charge is 0.347 e. The molecule has 1 N–H and O–H groups in total. The van der Waals surface area contributed by atoms with Gasteiger partial charge in [0.2, 0.25) is 5.60 Å². The van der Waals surface area contributed by atoms with Crippen LogP contribution in [0, 0.1) is 0 Å². The van der Waals surface area contributed by atoms with Gasteiger partial charge in [-0.25, -0.2) is 4.79 Å². The minimum atomic E-state index is -1.80. The van der Waals surface area contributed by atoms with Gasteiger partial charge in [0.15, 0.2) is 0 Å². The molecule has 0 aliphatic heterocycles. The first kappa shape index (κ1) is 22.1. The maximum atomic E-state index is 12.9. The summed E-state index contributed by atoms with van der Waals surface area (Å²) in [7, 11) is 0. The van der Waals surface area contributed by atoms with Gasteiger partial charge in [-0.3, -0.25) is 4.90 Å². The number of unbranched alkanes of at least 4 members (excludes halogenated alkanes) is 1. The fourth-order valence-corrected chi connectivity index (χ4v) is 3.54. The number of carbonyl (C=O) groups is 1. The highest BCUT2D eigenvalue weighted by atomic mass is 16.5. The Balaban J connectivity index is 2.01. The molecule has 0 amide bonds. The van der Waals surface area contributed by atoms with E-state index in [-0.39, 0.29) is 0 Å². The van der Waals surface area contributed by atoms with Crippen molar-refractivity contribution in [3.63, 3.8) is 0 Å². The van der Waals surface area contributed by atoms with Crippen molar-refractivity contribution in [1.82, 2.24) is 4.90 Å². The van der Waals surface area contributed by atoms with E-state index >= 15 is 0 Å². The van der Waals surface area contributed by atoms with Crippen LogP contribution in [0.1, 0.15) is 51.7 Å². The summed E-state index contributed by atoms with van der Waals surface area (Å²) < 4.78 is 5.51. The van der Waals surface area contributed by atoms with Crippen LogP contribution in [0.25, 0.3) is 0 Å². The molecule has 28 heavy (non-hydrogen) atoms. The summed E-state index contributed by atoms with van der Waals surface area (Å²) in [6.45, 7) is 10.0. The molecule has 0 radical (unpaired) electrons. The number of aliphatic hydroxyl groups is 1. The lowest BCUT2D eigenvalue weighted by atomic mass is 9.86. The van der Waals surface area contributed by atoms with E-state index in [0.29, 0.717) is 29.8 Å². The molecule has 0 saturated heterocycles. The molecular weight excluding hydrogens is 350 g/mol. The second kappa shape index (κ2) is 10.4. The number of carbonyl (C=O) groups excluding carboxylic acids is 1. The lowest BCUT2D eigenvalue weighted by molar-refractivity contribution is -0.162. The summed E-state index contributed by atoms with van der Waals surface area (Å²) in [5, 5.41) is 11.3. The third-order valence-electron chi connectivity index (χ3n) is 5.05. The van der Waals surface area contributed by atoms with Crippen LogP contribution in [0.3, 0.4) is 0 Å². The zero-order valence-corrected chi connectivity index (χ0v) is 17.5. The van der Waals surface area contributed by atoms with Crippen LogP contribution >= 0.6 is 0 Å². The van der Waals surface area contributed by atoms with Crippen LogP contribution < -0.4 is 0 Å². The zero-order valence-electron chi connectivity index (χ0n) is 17.5. The van der Waals surface area contributed by atoms with Crippen LogP contribution in [-0.4, -0.2) is 41.2 Å². The molecule has 4 nitrogen and oxygen atoms in total. The normalized spacial score (nSPS) is 12.0. The summed E-state index contributed by atoms with van der Waals surface area (Å²) in [6, 6.07) is 18.9. The van der Waals surface area contributed by atoms with Gasteiger partial charge >= 0.3 is 5.97 Å². The van der Waals surface area contributed by atoms with Crippen LogP contribution in [-0.2, 0) is 15.1 Å². The third kappa shape index (κ3) is 5.43. The highest BCUT2D eigenvalue weighted by molar-refractivity contribution is 5.85. The number of esters is 1. The Kier molecular flexibility index (Phi) is 8.21. The highest BCUT2D eigenvalue weighted by Crippen LogP contribution is 2.31. The number of nitrogens with zero attached hydrogens (tertiary/aromatic N) is 1.